The summed E-state index contributed by atoms with van der Waals surface area (Å²) in [5, 5.41) is 3.01. The summed E-state index contributed by atoms with van der Waals surface area (Å²) in [4.78, 5) is 13.9. The predicted molar refractivity (Wildman–Crippen MR) is 79.4 cm³/mol. The fourth-order valence-electron chi connectivity index (χ4n) is 2.57. The lowest BCUT2D eigenvalue weighted by atomic mass is 10.0. The van der Waals surface area contributed by atoms with Crippen LogP contribution >= 0.6 is 0 Å². The first-order chi connectivity index (χ1) is 9.32. The number of allylic oxidation sites excluding steroid dienone is 1. The molecule has 1 fully saturated rings. The van der Waals surface area contributed by atoms with Gasteiger partial charge in [-0.05, 0) is 39.5 Å². The molecule has 0 radical (unpaired) electrons. The van der Waals surface area contributed by atoms with Crippen molar-refractivity contribution in [3.63, 3.8) is 0 Å². The minimum absolute atomic E-state index is 0.0536. The molecule has 6 heteroatoms. The summed E-state index contributed by atoms with van der Waals surface area (Å²) >= 11 is 0. The molecule has 0 saturated carbocycles. The fourth-order valence-corrected chi connectivity index (χ4v) is 3.99. The van der Waals surface area contributed by atoms with E-state index in [2.05, 4.69) is 17.5 Å². The molecule has 1 atom stereocenters. The van der Waals surface area contributed by atoms with Gasteiger partial charge in [0.15, 0.2) is 9.84 Å². The van der Waals surface area contributed by atoms with Crippen molar-refractivity contribution in [3.8, 4) is 0 Å². The number of rotatable bonds is 1. The Hall–Kier alpha value is -1.04. The minimum atomic E-state index is -3.13. The normalized spacial score (nSPS) is 28.7. The summed E-state index contributed by atoms with van der Waals surface area (Å²) in [6, 6.07) is 0.0542. The quantitative estimate of drug-likeness (QED) is 0.750. The number of amides is 2. The maximum absolute atomic E-state index is 12.2. The second-order valence-corrected chi connectivity index (χ2v) is 8.99. The van der Waals surface area contributed by atoms with Crippen LogP contribution in [-0.4, -0.2) is 49.0 Å². The molecule has 1 heterocycles. The van der Waals surface area contributed by atoms with Crippen LogP contribution in [-0.2, 0) is 9.84 Å². The number of sulfone groups is 1. The number of hydrogen-bond donors (Lipinski definition) is 1. The monoisotopic (exact) mass is 300 g/mol. The first-order valence-electron chi connectivity index (χ1n) is 7.24. The van der Waals surface area contributed by atoms with Crippen LogP contribution in [0, 0.1) is 0 Å². The minimum Gasteiger partial charge on any atom is -0.335 e. The molecular formula is C14H24N2O3S. The summed E-state index contributed by atoms with van der Waals surface area (Å²) in [6.07, 6.45) is 7.52. The van der Waals surface area contributed by atoms with Crippen molar-refractivity contribution in [1.82, 2.24) is 10.2 Å². The highest BCUT2D eigenvalue weighted by atomic mass is 32.2. The van der Waals surface area contributed by atoms with E-state index in [4.69, 9.17) is 0 Å². The molecule has 2 amide bonds. The van der Waals surface area contributed by atoms with Crippen molar-refractivity contribution in [2.24, 2.45) is 0 Å². The van der Waals surface area contributed by atoms with Crippen molar-refractivity contribution in [3.05, 3.63) is 12.2 Å². The van der Waals surface area contributed by atoms with Gasteiger partial charge < -0.3 is 10.2 Å². The van der Waals surface area contributed by atoms with Gasteiger partial charge in [-0.3, -0.25) is 0 Å². The Labute approximate surface area is 121 Å². The molecule has 2 rings (SSSR count). The van der Waals surface area contributed by atoms with Crippen LogP contribution in [0.5, 0.6) is 0 Å². The zero-order valence-corrected chi connectivity index (χ0v) is 13.1. The second-order valence-electron chi connectivity index (χ2n) is 6.25. The van der Waals surface area contributed by atoms with E-state index in [0.29, 0.717) is 19.5 Å². The van der Waals surface area contributed by atoms with Gasteiger partial charge in [-0.15, -0.1) is 0 Å². The Morgan fingerprint density at radius 3 is 2.70 bits per heavy atom. The zero-order chi connectivity index (χ0) is 14.8. The van der Waals surface area contributed by atoms with Crippen molar-refractivity contribution >= 4 is 15.9 Å². The molecule has 5 nitrogen and oxygen atoms in total. The van der Waals surface area contributed by atoms with Gasteiger partial charge in [0, 0.05) is 19.1 Å². The average molecular weight is 300 g/mol. The van der Waals surface area contributed by atoms with Crippen molar-refractivity contribution < 1.29 is 13.2 Å². The van der Waals surface area contributed by atoms with E-state index in [1.54, 1.807) is 18.7 Å². The predicted octanol–water partition coefficient (Wildman–Crippen LogP) is 1.70. The first kappa shape index (κ1) is 15.4. The molecule has 20 heavy (non-hydrogen) atoms. The van der Waals surface area contributed by atoms with E-state index in [-0.39, 0.29) is 17.8 Å². The molecule has 0 aromatic heterocycles. The molecule has 114 valence electrons. The number of hydrogen-bond acceptors (Lipinski definition) is 3. The fraction of sp³-hybridized carbons (Fsp3) is 0.786. The zero-order valence-electron chi connectivity index (χ0n) is 12.3. The number of urea groups is 1. The molecule has 1 N–H and O–H groups in total. The maximum Gasteiger partial charge on any atom is 0.317 e. The van der Waals surface area contributed by atoms with Gasteiger partial charge in [-0.1, -0.05) is 12.2 Å². The third-order valence-corrected chi connectivity index (χ3v) is 6.95. The van der Waals surface area contributed by atoms with Gasteiger partial charge in [-0.25, -0.2) is 13.2 Å². The molecule has 2 aliphatic rings. The first-order valence-corrected chi connectivity index (χ1v) is 8.90. The van der Waals surface area contributed by atoms with Crippen LogP contribution in [0.1, 0.15) is 39.5 Å². The van der Waals surface area contributed by atoms with E-state index in [0.717, 1.165) is 19.3 Å². The Balaban J connectivity index is 1.96. The van der Waals surface area contributed by atoms with Crippen LogP contribution in [0.15, 0.2) is 12.2 Å². The largest absolute Gasteiger partial charge is 0.335 e. The Morgan fingerprint density at radius 1 is 1.30 bits per heavy atom. The van der Waals surface area contributed by atoms with Crippen molar-refractivity contribution in [2.45, 2.75) is 50.3 Å². The van der Waals surface area contributed by atoms with E-state index < -0.39 is 14.6 Å². The van der Waals surface area contributed by atoms with Gasteiger partial charge in [0.1, 0.15) is 0 Å². The maximum atomic E-state index is 12.2. The topological polar surface area (TPSA) is 66.5 Å². The van der Waals surface area contributed by atoms with E-state index >= 15 is 0 Å². The molecule has 0 spiro atoms. The summed E-state index contributed by atoms with van der Waals surface area (Å²) in [7, 11) is -3.13. The lowest BCUT2D eigenvalue weighted by Gasteiger charge is -2.26. The molecule has 1 saturated heterocycles. The Bertz CT molecular complexity index is 497. The van der Waals surface area contributed by atoms with Crippen LogP contribution in [0.3, 0.4) is 0 Å². The van der Waals surface area contributed by atoms with E-state index in [1.807, 2.05) is 0 Å². The van der Waals surface area contributed by atoms with Crippen LogP contribution < -0.4 is 5.32 Å². The highest BCUT2D eigenvalue weighted by Gasteiger charge is 2.38. The van der Waals surface area contributed by atoms with Gasteiger partial charge >= 0.3 is 6.03 Å². The highest BCUT2D eigenvalue weighted by Crippen LogP contribution is 2.25. The highest BCUT2D eigenvalue weighted by molar-refractivity contribution is 7.92. The Morgan fingerprint density at radius 2 is 2.05 bits per heavy atom. The van der Waals surface area contributed by atoms with E-state index in [1.165, 1.54) is 0 Å². The molecule has 1 aliphatic carbocycles. The number of nitrogens with zero attached hydrogens (tertiary/aromatic N) is 1. The number of carbonyl (C=O) groups is 1. The summed E-state index contributed by atoms with van der Waals surface area (Å²) in [5.74, 6) is 0.0536. The number of nitrogens with one attached hydrogen (secondary N) is 1. The molecule has 1 aliphatic heterocycles. The molecule has 0 aromatic rings. The summed E-state index contributed by atoms with van der Waals surface area (Å²) < 4.78 is 23.5. The van der Waals surface area contributed by atoms with Crippen molar-refractivity contribution in [1.29, 1.82) is 0 Å². The van der Waals surface area contributed by atoms with Gasteiger partial charge in [0.2, 0.25) is 0 Å². The van der Waals surface area contributed by atoms with E-state index in [9.17, 15) is 13.2 Å². The SMILES string of the molecule is CC1(C)CCN(C(=O)N[C@H]2CC=CCC2)CCS1(=O)=O. The molecular weight excluding hydrogens is 276 g/mol. The third-order valence-electron chi connectivity index (χ3n) is 4.34. The summed E-state index contributed by atoms with van der Waals surface area (Å²) in [6.45, 7) is 4.28. The van der Waals surface area contributed by atoms with Gasteiger partial charge in [0.25, 0.3) is 0 Å². The standard InChI is InChI=1S/C14H24N2O3S/c1-14(2)8-9-16(10-11-20(14,18)19)13(17)15-12-6-4-3-5-7-12/h3-4,12H,5-11H2,1-2H3,(H,15,17)/t12-/m0/s1. The molecule has 0 bridgehead atoms. The van der Waals surface area contributed by atoms with Gasteiger partial charge in [-0.2, -0.15) is 0 Å². The molecule has 0 aromatic carbocycles. The molecule has 0 unspecified atom stereocenters. The second kappa shape index (κ2) is 5.76. The smallest absolute Gasteiger partial charge is 0.317 e. The average Bonchev–Trinajstić information content (AvgIpc) is 2.48. The van der Waals surface area contributed by atoms with Gasteiger partial charge in [0.05, 0.1) is 10.5 Å². The van der Waals surface area contributed by atoms with Crippen molar-refractivity contribution in [2.75, 3.05) is 18.8 Å². The Kier molecular flexibility index (Phi) is 4.42. The third kappa shape index (κ3) is 3.34. The van der Waals surface area contributed by atoms with Crippen LogP contribution in [0.4, 0.5) is 4.79 Å². The lowest BCUT2D eigenvalue weighted by Crippen LogP contribution is -2.46. The van der Waals surface area contributed by atoms with Crippen LogP contribution in [0.25, 0.3) is 0 Å². The lowest BCUT2D eigenvalue weighted by molar-refractivity contribution is 0.195. The summed E-state index contributed by atoms with van der Waals surface area (Å²) in [5.41, 5.74) is 0. The number of carbonyl (C=O) groups excluding carboxylic acids is 1. The van der Waals surface area contributed by atoms with Crippen LogP contribution in [0.2, 0.25) is 0 Å².